The number of nitrogens with zero attached hydrogens (tertiary/aromatic N) is 1. The van der Waals surface area contributed by atoms with E-state index in [-0.39, 0.29) is 0 Å². The highest BCUT2D eigenvalue weighted by Crippen LogP contribution is 2.62. The van der Waals surface area contributed by atoms with E-state index in [0.717, 1.165) is 29.1 Å². The molecule has 0 atom stereocenters. The molecule has 4 saturated carbocycles. The largest absolute Gasteiger partial charge is 0.496 e. The number of oxime groups is 1. The summed E-state index contributed by atoms with van der Waals surface area (Å²) < 4.78 is 5.92. The Morgan fingerprint density at radius 1 is 0.781 bits per heavy atom. The molecule has 0 N–H and O–H groups in total. The van der Waals surface area contributed by atoms with Crippen molar-refractivity contribution in [3.63, 3.8) is 0 Å². The maximum absolute atomic E-state index is 5.92. The van der Waals surface area contributed by atoms with E-state index in [1.165, 1.54) is 66.0 Å². The molecule has 0 radical (unpaired) electrons. The van der Waals surface area contributed by atoms with Gasteiger partial charge in [-0.05, 0) is 113 Å². The molecule has 4 fully saturated rings. The summed E-state index contributed by atoms with van der Waals surface area (Å²) in [7, 11) is 3.40. The van der Waals surface area contributed by atoms with Crippen molar-refractivity contribution in [2.45, 2.75) is 43.9 Å². The van der Waals surface area contributed by atoms with Gasteiger partial charge in [0.05, 0.1) is 13.3 Å². The summed E-state index contributed by atoms with van der Waals surface area (Å²) in [5, 5.41) is 6.33. The lowest BCUT2D eigenvalue weighted by molar-refractivity contribution is -0.00613. The normalized spacial score (nSPS) is 28.5. The fraction of sp³-hybridized carbons (Fsp3) is 0.414. The average molecular weight is 426 g/mol. The molecule has 0 saturated heterocycles. The van der Waals surface area contributed by atoms with Crippen molar-refractivity contribution in [2.75, 3.05) is 14.2 Å². The van der Waals surface area contributed by atoms with Crippen molar-refractivity contribution in [3.8, 4) is 16.9 Å². The fourth-order valence-corrected chi connectivity index (χ4v) is 7.38. The maximum atomic E-state index is 5.92. The zero-order valence-corrected chi connectivity index (χ0v) is 19.0. The zero-order valence-electron chi connectivity index (χ0n) is 19.0. The minimum Gasteiger partial charge on any atom is -0.496 e. The molecule has 0 amide bonds. The van der Waals surface area contributed by atoms with Crippen LogP contribution in [0.5, 0.6) is 5.75 Å². The van der Waals surface area contributed by atoms with Crippen LogP contribution >= 0.6 is 0 Å². The van der Waals surface area contributed by atoms with Gasteiger partial charge >= 0.3 is 0 Å². The molecule has 3 nitrogen and oxygen atoms in total. The standard InChI is InChI=1S/C29H31NO2/c1-31-28-8-7-26(14-27(28)29-15-20-9-21(16-29)11-22(10-20)17-29)25-6-5-23-12-19(18-30-32-2)3-4-24(23)13-25/h3-8,12-14,18,20-22H,9-11,15-17H2,1-2H3. The highest BCUT2D eigenvalue weighted by Gasteiger charge is 2.52. The van der Waals surface area contributed by atoms with Crippen LogP contribution in [0.1, 0.15) is 49.7 Å². The highest BCUT2D eigenvalue weighted by molar-refractivity contribution is 5.92. The Balaban J connectivity index is 1.39. The smallest absolute Gasteiger partial charge is 0.122 e. The van der Waals surface area contributed by atoms with E-state index in [1.807, 2.05) is 7.11 Å². The first-order chi connectivity index (χ1) is 15.7. The van der Waals surface area contributed by atoms with Crippen LogP contribution in [0.15, 0.2) is 59.8 Å². The first-order valence-electron chi connectivity index (χ1n) is 11.9. The lowest BCUT2D eigenvalue weighted by atomic mass is 9.48. The van der Waals surface area contributed by atoms with Gasteiger partial charge in [0.15, 0.2) is 0 Å². The third-order valence-electron chi connectivity index (χ3n) is 8.31. The zero-order chi connectivity index (χ0) is 21.7. The van der Waals surface area contributed by atoms with Gasteiger partial charge in [0, 0.05) is 5.56 Å². The first-order valence-corrected chi connectivity index (χ1v) is 11.9. The van der Waals surface area contributed by atoms with Crippen molar-refractivity contribution in [1.29, 1.82) is 0 Å². The third kappa shape index (κ3) is 3.30. The Kier molecular flexibility index (Phi) is 4.74. The van der Waals surface area contributed by atoms with Crippen LogP contribution in [0.3, 0.4) is 0 Å². The molecular formula is C29H31NO2. The van der Waals surface area contributed by atoms with Gasteiger partial charge < -0.3 is 9.57 Å². The van der Waals surface area contributed by atoms with Gasteiger partial charge in [-0.25, -0.2) is 0 Å². The molecule has 4 bridgehead atoms. The monoisotopic (exact) mass is 425 g/mol. The molecule has 0 spiro atoms. The molecule has 0 aliphatic heterocycles. The second-order valence-electron chi connectivity index (χ2n) is 10.4. The summed E-state index contributed by atoms with van der Waals surface area (Å²) in [5.74, 6) is 3.85. The van der Waals surface area contributed by atoms with E-state index in [1.54, 1.807) is 13.3 Å². The predicted octanol–water partition coefficient (Wildman–Crippen LogP) is 6.96. The number of ether oxygens (including phenoxy) is 1. The molecule has 3 aromatic carbocycles. The molecule has 0 heterocycles. The SMILES string of the molecule is CON=Cc1ccc2cc(-c3ccc(OC)c(C45CC6CC(CC(C6)C4)C5)c3)ccc2c1. The quantitative estimate of drug-likeness (QED) is 0.327. The Morgan fingerprint density at radius 2 is 1.41 bits per heavy atom. The van der Waals surface area contributed by atoms with E-state index in [9.17, 15) is 0 Å². The molecule has 0 unspecified atom stereocenters. The topological polar surface area (TPSA) is 30.8 Å². The second-order valence-corrected chi connectivity index (χ2v) is 10.4. The Morgan fingerprint density at radius 3 is 2.09 bits per heavy atom. The molecular weight excluding hydrogens is 394 g/mol. The van der Waals surface area contributed by atoms with E-state index >= 15 is 0 Å². The van der Waals surface area contributed by atoms with E-state index in [2.05, 4.69) is 59.8 Å². The molecule has 32 heavy (non-hydrogen) atoms. The van der Waals surface area contributed by atoms with Crippen LogP contribution in [0.2, 0.25) is 0 Å². The Bertz CT molecular complexity index is 1160. The number of fused-ring (bicyclic) bond motifs is 1. The van der Waals surface area contributed by atoms with Crippen LogP contribution < -0.4 is 4.74 Å². The molecule has 3 heteroatoms. The van der Waals surface area contributed by atoms with Gasteiger partial charge in [0.2, 0.25) is 0 Å². The molecule has 7 rings (SSSR count). The molecule has 4 aliphatic carbocycles. The number of methoxy groups -OCH3 is 1. The summed E-state index contributed by atoms with van der Waals surface area (Å²) in [6.07, 6.45) is 10.2. The van der Waals surface area contributed by atoms with Crippen molar-refractivity contribution in [1.82, 2.24) is 0 Å². The summed E-state index contributed by atoms with van der Waals surface area (Å²) >= 11 is 0. The fourth-order valence-electron chi connectivity index (χ4n) is 7.38. The summed E-state index contributed by atoms with van der Waals surface area (Å²) in [4.78, 5) is 4.81. The number of benzene rings is 3. The molecule has 3 aromatic rings. The minimum atomic E-state index is 0.322. The van der Waals surface area contributed by atoms with Crippen LogP contribution in [0, 0.1) is 17.8 Å². The van der Waals surface area contributed by atoms with Gasteiger partial charge in [0.25, 0.3) is 0 Å². The summed E-state index contributed by atoms with van der Waals surface area (Å²) in [6, 6.07) is 20.0. The van der Waals surface area contributed by atoms with Crippen molar-refractivity contribution < 1.29 is 9.57 Å². The van der Waals surface area contributed by atoms with E-state index in [4.69, 9.17) is 9.57 Å². The van der Waals surface area contributed by atoms with Crippen LogP contribution in [-0.4, -0.2) is 20.4 Å². The van der Waals surface area contributed by atoms with Crippen molar-refractivity contribution in [2.24, 2.45) is 22.9 Å². The summed E-state index contributed by atoms with van der Waals surface area (Å²) in [5.41, 5.74) is 5.39. The van der Waals surface area contributed by atoms with Gasteiger partial charge in [-0.3, -0.25) is 0 Å². The lowest BCUT2D eigenvalue weighted by Crippen LogP contribution is -2.48. The van der Waals surface area contributed by atoms with Gasteiger partial charge in [-0.2, -0.15) is 0 Å². The molecule has 4 aliphatic rings. The third-order valence-corrected chi connectivity index (χ3v) is 8.31. The second kappa shape index (κ2) is 7.65. The van der Waals surface area contributed by atoms with Gasteiger partial charge in [0.1, 0.15) is 12.9 Å². The molecule has 0 aromatic heterocycles. The first kappa shape index (κ1) is 19.8. The summed E-state index contributed by atoms with van der Waals surface area (Å²) in [6.45, 7) is 0. The lowest BCUT2D eigenvalue weighted by Gasteiger charge is -2.57. The van der Waals surface area contributed by atoms with Gasteiger partial charge in [-0.15, -0.1) is 0 Å². The Labute approximate surface area is 190 Å². The van der Waals surface area contributed by atoms with Crippen molar-refractivity contribution in [3.05, 3.63) is 65.7 Å². The van der Waals surface area contributed by atoms with E-state index < -0.39 is 0 Å². The van der Waals surface area contributed by atoms with Crippen molar-refractivity contribution >= 4 is 17.0 Å². The van der Waals surface area contributed by atoms with E-state index in [0.29, 0.717) is 5.41 Å². The Hall–Kier alpha value is -2.81. The van der Waals surface area contributed by atoms with Crippen LogP contribution in [-0.2, 0) is 10.3 Å². The average Bonchev–Trinajstić information content (AvgIpc) is 2.81. The van der Waals surface area contributed by atoms with Crippen LogP contribution in [0.4, 0.5) is 0 Å². The number of hydrogen-bond donors (Lipinski definition) is 0. The van der Waals surface area contributed by atoms with Gasteiger partial charge in [-0.1, -0.05) is 35.5 Å². The maximum Gasteiger partial charge on any atom is 0.122 e. The predicted molar refractivity (Wildman–Crippen MR) is 130 cm³/mol. The number of hydrogen-bond acceptors (Lipinski definition) is 3. The minimum absolute atomic E-state index is 0.322. The highest BCUT2D eigenvalue weighted by atomic mass is 16.6. The number of rotatable bonds is 5. The van der Waals surface area contributed by atoms with Crippen LogP contribution in [0.25, 0.3) is 21.9 Å². The molecule has 164 valence electrons.